The highest BCUT2D eigenvalue weighted by Crippen LogP contribution is 2.30. The van der Waals surface area contributed by atoms with E-state index in [0.717, 1.165) is 17.7 Å². The molecule has 1 heterocycles. The lowest BCUT2D eigenvalue weighted by Crippen LogP contribution is -2.43. The van der Waals surface area contributed by atoms with Crippen molar-refractivity contribution in [2.45, 2.75) is 44.3 Å². The van der Waals surface area contributed by atoms with Gasteiger partial charge in [0.25, 0.3) is 0 Å². The third-order valence-corrected chi connectivity index (χ3v) is 6.27. The molecule has 0 spiro atoms. The van der Waals surface area contributed by atoms with E-state index in [0.29, 0.717) is 30.6 Å². The molecule has 3 aromatic rings. The molecule has 1 aliphatic rings. The van der Waals surface area contributed by atoms with E-state index in [1.165, 1.54) is 30.3 Å². The van der Waals surface area contributed by atoms with Gasteiger partial charge >= 0.3 is 0 Å². The summed E-state index contributed by atoms with van der Waals surface area (Å²) < 4.78 is 47.6. The highest BCUT2D eigenvalue weighted by atomic mass is 19.1. The number of rotatable bonds is 8. The minimum atomic E-state index is -0.420. The summed E-state index contributed by atoms with van der Waals surface area (Å²) in [4.78, 5) is 13.1. The van der Waals surface area contributed by atoms with Gasteiger partial charge in [-0.2, -0.15) is 0 Å². The molecular weight excluding hydrogens is 453 g/mol. The van der Waals surface area contributed by atoms with E-state index in [1.807, 2.05) is 6.92 Å². The Hall–Kier alpha value is -3.16. The molecule has 1 fully saturated rings. The Bertz CT molecular complexity index is 1090. The van der Waals surface area contributed by atoms with Gasteiger partial charge in [0.2, 0.25) is 5.91 Å². The van der Waals surface area contributed by atoms with E-state index in [-0.39, 0.29) is 42.0 Å². The van der Waals surface area contributed by atoms with E-state index < -0.39 is 5.92 Å². The fourth-order valence-electron chi connectivity index (χ4n) is 4.48. The molecule has 2 N–H and O–H groups in total. The number of amides is 1. The van der Waals surface area contributed by atoms with Crippen LogP contribution in [-0.4, -0.2) is 31.2 Å². The number of carbonyl (C=O) groups excluding carboxylic acids is 1. The number of benzene rings is 3. The summed E-state index contributed by atoms with van der Waals surface area (Å²) >= 11 is 0. The van der Waals surface area contributed by atoms with Gasteiger partial charge < -0.3 is 15.4 Å². The van der Waals surface area contributed by atoms with Crippen molar-refractivity contribution < 1.29 is 22.7 Å². The van der Waals surface area contributed by atoms with E-state index >= 15 is 0 Å². The summed E-state index contributed by atoms with van der Waals surface area (Å²) in [6.45, 7) is 3.49. The van der Waals surface area contributed by atoms with Crippen LogP contribution in [0, 0.1) is 17.5 Å². The Labute approximate surface area is 203 Å². The molecule has 0 radical (unpaired) electrons. The van der Waals surface area contributed by atoms with Crippen LogP contribution in [0.1, 0.15) is 42.4 Å². The van der Waals surface area contributed by atoms with Crippen LogP contribution in [0.15, 0.2) is 66.7 Å². The van der Waals surface area contributed by atoms with Crippen LogP contribution >= 0.6 is 0 Å². The summed E-state index contributed by atoms with van der Waals surface area (Å²) in [5.41, 5.74) is 2.30. The predicted molar refractivity (Wildman–Crippen MR) is 130 cm³/mol. The Morgan fingerprint density at radius 2 is 1.60 bits per heavy atom. The average Bonchev–Trinajstić information content (AvgIpc) is 2.83. The van der Waals surface area contributed by atoms with Crippen molar-refractivity contribution in [2.24, 2.45) is 0 Å². The van der Waals surface area contributed by atoms with Crippen LogP contribution in [0.3, 0.4) is 0 Å². The van der Waals surface area contributed by atoms with E-state index in [2.05, 4.69) is 10.6 Å². The Morgan fingerprint density at radius 1 is 0.971 bits per heavy atom. The zero-order valence-electron chi connectivity index (χ0n) is 19.6. The van der Waals surface area contributed by atoms with Crippen molar-refractivity contribution in [3.8, 4) is 0 Å². The first-order chi connectivity index (χ1) is 16.9. The van der Waals surface area contributed by atoms with Crippen molar-refractivity contribution in [3.05, 3.63) is 101 Å². The maximum Gasteiger partial charge on any atom is 0.225 e. The van der Waals surface area contributed by atoms with E-state index in [4.69, 9.17) is 4.74 Å². The monoisotopic (exact) mass is 482 g/mol. The largest absolute Gasteiger partial charge is 0.373 e. The normalized spacial score (nSPS) is 18.0. The fourth-order valence-corrected chi connectivity index (χ4v) is 4.48. The van der Waals surface area contributed by atoms with Crippen LogP contribution in [0.2, 0.25) is 0 Å². The van der Waals surface area contributed by atoms with Gasteiger partial charge in [-0.3, -0.25) is 4.79 Å². The fraction of sp³-hybridized carbons (Fsp3) is 0.321. The number of nitrogens with one attached hydrogen (secondary N) is 2. The topological polar surface area (TPSA) is 50.4 Å². The summed E-state index contributed by atoms with van der Waals surface area (Å²) in [6.07, 6.45) is 1.14. The molecule has 0 bridgehead atoms. The van der Waals surface area contributed by atoms with E-state index in [1.54, 1.807) is 36.4 Å². The maximum absolute atomic E-state index is 14.7. The number of halogens is 3. The van der Waals surface area contributed by atoms with Crippen molar-refractivity contribution in [2.75, 3.05) is 18.4 Å². The van der Waals surface area contributed by atoms with Crippen molar-refractivity contribution in [3.63, 3.8) is 0 Å². The van der Waals surface area contributed by atoms with Crippen LogP contribution < -0.4 is 10.6 Å². The average molecular weight is 483 g/mol. The lowest BCUT2D eigenvalue weighted by atomic mass is 9.88. The van der Waals surface area contributed by atoms with Crippen molar-refractivity contribution in [1.29, 1.82) is 0 Å². The lowest BCUT2D eigenvalue weighted by Gasteiger charge is -2.29. The molecule has 4 rings (SSSR count). The SMILES string of the molecule is C[C@H]1CNC[C@@H](CCc2c(F)cccc2NC(=O)CC(c2ccc(F)cc2)c2ccc(F)cc2)O1. The smallest absolute Gasteiger partial charge is 0.225 e. The Morgan fingerprint density at radius 3 is 2.20 bits per heavy atom. The first-order valence-corrected chi connectivity index (χ1v) is 11.8. The van der Waals surface area contributed by atoms with Crippen LogP contribution in [0.25, 0.3) is 0 Å². The molecule has 0 saturated carbocycles. The lowest BCUT2D eigenvalue weighted by molar-refractivity contribution is -0.116. The van der Waals surface area contributed by atoms with Gasteiger partial charge in [0.05, 0.1) is 12.2 Å². The molecule has 0 aromatic heterocycles. The summed E-state index contributed by atoms with van der Waals surface area (Å²) in [5, 5.41) is 6.16. The van der Waals surface area contributed by atoms with E-state index in [9.17, 15) is 18.0 Å². The second kappa shape index (κ2) is 11.5. The zero-order valence-corrected chi connectivity index (χ0v) is 19.6. The Balaban J connectivity index is 1.50. The minimum absolute atomic E-state index is 0.0248. The summed E-state index contributed by atoms with van der Waals surface area (Å²) in [5.74, 6) is -1.89. The number of morpholine rings is 1. The first-order valence-electron chi connectivity index (χ1n) is 11.8. The molecule has 184 valence electrons. The standard InChI is InChI=1S/C28H29F3N2O2/c1-18-16-32-17-23(35-18)13-14-24-26(31)3-2-4-27(24)33-28(34)15-25(19-5-9-21(29)10-6-19)20-7-11-22(30)12-8-20/h2-12,18,23,25,32H,13-17H2,1H3,(H,33,34)/t18-,23+/m0/s1. The second-order valence-electron chi connectivity index (χ2n) is 8.94. The van der Waals surface area contributed by atoms with Gasteiger partial charge in [-0.25, -0.2) is 13.2 Å². The molecule has 3 aromatic carbocycles. The first kappa shape index (κ1) is 24.9. The minimum Gasteiger partial charge on any atom is -0.373 e. The molecule has 0 unspecified atom stereocenters. The third kappa shape index (κ3) is 6.71. The number of carbonyl (C=O) groups is 1. The van der Waals surface area contributed by atoms with Gasteiger partial charge in [0.15, 0.2) is 0 Å². The predicted octanol–water partition coefficient (Wildman–Crippen LogP) is 5.57. The summed E-state index contributed by atoms with van der Waals surface area (Å²) in [6, 6.07) is 16.4. The second-order valence-corrected chi connectivity index (χ2v) is 8.94. The summed E-state index contributed by atoms with van der Waals surface area (Å²) in [7, 11) is 0. The highest BCUT2D eigenvalue weighted by molar-refractivity contribution is 5.92. The van der Waals surface area contributed by atoms with Gasteiger partial charge in [-0.15, -0.1) is 0 Å². The Kier molecular flexibility index (Phi) is 8.21. The molecule has 1 amide bonds. The van der Waals surface area contributed by atoms with Crippen LogP contribution in [0.5, 0.6) is 0 Å². The molecule has 35 heavy (non-hydrogen) atoms. The van der Waals surface area contributed by atoms with Gasteiger partial charge in [-0.05, 0) is 67.3 Å². The maximum atomic E-state index is 14.7. The number of hydrogen-bond donors (Lipinski definition) is 2. The molecule has 7 heteroatoms. The van der Waals surface area contributed by atoms with Gasteiger partial charge in [0.1, 0.15) is 17.5 Å². The highest BCUT2D eigenvalue weighted by Gasteiger charge is 2.22. The molecule has 2 atom stereocenters. The van der Waals surface area contributed by atoms with Crippen molar-refractivity contribution in [1.82, 2.24) is 5.32 Å². The number of anilines is 1. The zero-order chi connectivity index (χ0) is 24.8. The van der Waals surface area contributed by atoms with Crippen LogP contribution in [-0.2, 0) is 16.0 Å². The van der Waals surface area contributed by atoms with Crippen molar-refractivity contribution >= 4 is 11.6 Å². The molecular formula is C28H29F3N2O2. The number of hydrogen-bond acceptors (Lipinski definition) is 3. The van der Waals surface area contributed by atoms with Gasteiger partial charge in [-0.1, -0.05) is 30.3 Å². The quantitative estimate of drug-likeness (QED) is 0.441. The molecule has 1 saturated heterocycles. The van der Waals surface area contributed by atoms with Crippen LogP contribution in [0.4, 0.5) is 18.9 Å². The number of ether oxygens (including phenoxy) is 1. The van der Waals surface area contributed by atoms with Gasteiger partial charge in [0, 0.05) is 36.7 Å². The molecule has 4 nitrogen and oxygen atoms in total. The molecule has 0 aliphatic carbocycles. The third-order valence-electron chi connectivity index (χ3n) is 6.27. The molecule has 1 aliphatic heterocycles.